The van der Waals surface area contributed by atoms with E-state index >= 15 is 0 Å². The smallest absolute Gasteiger partial charge is 0.154 e. The number of rotatable bonds is 0. The summed E-state index contributed by atoms with van der Waals surface area (Å²) in [6, 6.07) is 0.933. The van der Waals surface area contributed by atoms with Crippen molar-refractivity contribution in [1.82, 2.24) is 0 Å². The summed E-state index contributed by atoms with van der Waals surface area (Å²) >= 11 is 3.93. The third kappa shape index (κ3) is 0.919. The van der Waals surface area contributed by atoms with E-state index in [0.717, 1.165) is 6.04 Å². The summed E-state index contributed by atoms with van der Waals surface area (Å²) in [4.78, 5) is 0. The minimum atomic E-state index is 0.440. The molecule has 0 aliphatic carbocycles. The fourth-order valence-electron chi connectivity index (χ4n) is 2.81. The highest BCUT2D eigenvalue weighted by Gasteiger charge is 2.55. The molecule has 0 N–H and O–H groups in total. The third-order valence-corrected chi connectivity index (χ3v) is 5.61. The lowest BCUT2D eigenvalue weighted by Gasteiger charge is -2.46. The summed E-state index contributed by atoms with van der Waals surface area (Å²) in [5.41, 5.74) is 0. The van der Waals surface area contributed by atoms with Gasteiger partial charge in [-0.15, -0.1) is 0 Å². The fourth-order valence-corrected chi connectivity index (χ4v) is 3.61. The molecule has 0 saturated carbocycles. The van der Waals surface area contributed by atoms with E-state index in [1.54, 1.807) is 0 Å². The Labute approximate surface area is 77.5 Å². The van der Waals surface area contributed by atoms with E-state index in [4.69, 9.17) is 0 Å². The van der Waals surface area contributed by atoms with Crippen LogP contribution in [0, 0.1) is 0 Å². The van der Waals surface area contributed by atoms with Crippen LogP contribution in [0.5, 0.6) is 0 Å². The Morgan fingerprint density at radius 3 is 2.55 bits per heavy atom. The van der Waals surface area contributed by atoms with E-state index in [1.807, 2.05) is 0 Å². The predicted molar refractivity (Wildman–Crippen MR) is 50.6 cm³/mol. The molecule has 0 spiro atoms. The zero-order valence-electron chi connectivity index (χ0n) is 7.44. The molecule has 11 heavy (non-hydrogen) atoms. The zero-order valence-corrected chi connectivity index (χ0v) is 9.02. The van der Waals surface area contributed by atoms with Gasteiger partial charge in [0.1, 0.15) is 0 Å². The molecule has 2 fully saturated rings. The van der Waals surface area contributed by atoms with Crippen molar-refractivity contribution >= 4 is 15.9 Å². The van der Waals surface area contributed by atoms with E-state index in [1.165, 1.54) is 36.6 Å². The molecule has 2 saturated heterocycles. The molecule has 0 aromatic heterocycles. The highest BCUT2D eigenvalue weighted by atomic mass is 79.9. The van der Waals surface area contributed by atoms with Crippen LogP contribution in [-0.4, -0.2) is 29.1 Å². The molecule has 0 amide bonds. The first-order valence-corrected chi connectivity index (χ1v) is 5.38. The van der Waals surface area contributed by atoms with Gasteiger partial charge in [0.2, 0.25) is 0 Å². The first-order chi connectivity index (χ1) is 5.06. The molecule has 64 valence electrons. The Morgan fingerprint density at radius 2 is 2.00 bits per heavy atom. The first-order valence-electron chi connectivity index (χ1n) is 4.59. The number of hydrogen-bond donors (Lipinski definition) is 0. The lowest BCUT2D eigenvalue weighted by molar-refractivity contribution is -0.938. The van der Waals surface area contributed by atoms with Crippen LogP contribution in [0.2, 0.25) is 0 Å². The van der Waals surface area contributed by atoms with E-state index < -0.39 is 0 Å². The highest BCUT2D eigenvalue weighted by molar-refractivity contribution is 9.10. The zero-order chi connectivity index (χ0) is 8.11. The fraction of sp³-hybridized carbons (Fsp3) is 1.00. The maximum absolute atomic E-state index is 3.93. The number of hydrogen-bond acceptors (Lipinski definition) is 0. The number of fused-ring (bicyclic) bond motifs is 2. The summed E-state index contributed by atoms with van der Waals surface area (Å²) in [5.74, 6) is 0. The largest absolute Gasteiger partial charge is 0.312 e. The van der Waals surface area contributed by atoms with Crippen LogP contribution in [-0.2, 0) is 0 Å². The number of quaternary nitrogens is 1. The molecule has 2 atom stereocenters. The lowest BCUT2D eigenvalue weighted by Crippen LogP contribution is -2.57. The quantitative estimate of drug-likeness (QED) is 0.333. The second kappa shape index (κ2) is 2.23. The van der Waals surface area contributed by atoms with Crippen molar-refractivity contribution in [2.45, 2.75) is 42.6 Å². The van der Waals surface area contributed by atoms with Crippen molar-refractivity contribution in [3.63, 3.8) is 0 Å². The van der Waals surface area contributed by atoms with Crippen LogP contribution >= 0.6 is 15.9 Å². The standard InChI is InChI=1S/C9H17BrN/c1-11(2)8-4-3-6-9(11,10)7-5-8/h8H,3-7H2,1-2H3/q+1. The number of halogens is 1. The third-order valence-electron chi connectivity index (χ3n) is 3.90. The number of nitrogens with zero attached hydrogens (tertiary/aromatic N) is 1. The summed E-state index contributed by atoms with van der Waals surface area (Å²) in [5, 5.41) is 0. The average Bonchev–Trinajstić information content (AvgIpc) is 2.17. The Balaban J connectivity index is 2.33. The van der Waals surface area contributed by atoms with Gasteiger partial charge in [0.15, 0.2) is 4.45 Å². The number of alkyl halides is 1. The Bertz CT molecular complexity index is 172. The van der Waals surface area contributed by atoms with Crippen molar-refractivity contribution in [1.29, 1.82) is 0 Å². The molecular formula is C9H17BrN+. The van der Waals surface area contributed by atoms with Gasteiger partial charge in [-0.1, -0.05) is 0 Å². The molecule has 2 aliphatic heterocycles. The molecule has 2 bridgehead atoms. The van der Waals surface area contributed by atoms with Crippen molar-refractivity contribution in [3.05, 3.63) is 0 Å². The minimum Gasteiger partial charge on any atom is -0.312 e. The molecule has 0 aromatic rings. The molecule has 1 nitrogen and oxygen atoms in total. The van der Waals surface area contributed by atoms with Gasteiger partial charge >= 0.3 is 0 Å². The monoisotopic (exact) mass is 218 g/mol. The van der Waals surface area contributed by atoms with Crippen LogP contribution in [0.15, 0.2) is 0 Å². The molecule has 0 radical (unpaired) electrons. The SMILES string of the molecule is C[N+]1(C)C2CCCC1(Br)CC2. The van der Waals surface area contributed by atoms with Crippen molar-refractivity contribution in [2.24, 2.45) is 0 Å². The number of piperidine rings is 1. The molecule has 2 heteroatoms. The maximum Gasteiger partial charge on any atom is 0.154 e. The van der Waals surface area contributed by atoms with Crippen LogP contribution in [0.25, 0.3) is 0 Å². The highest BCUT2D eigenvalue weighted by Crippen LogP contribution is 2.51. The summed E-state index contributed by atoms with van der Waals surface area (Å²) in [6.45, 7) is 0. The van der Waals surface area contributed by atoms with Crippen LogP contribution < -0.4 is 0 Å². The van der Waals surface area contributed by atoms with Gasteiger partial charge < -0.3 is 4.48 Å². The molecule has 2 rings (SSSR count). The summed E-state index contributed by atoms with van der Waals surface area (Å²) in [7, 11) is 4.76. The molecular weight excluding hydrogens is 202 g/mol. The van der Waals surface area contributed by atoms with Gasteiger partial charge in [-0.05, 0) is 28.8 Å². The van der Waals surface area contributed by atoms with Gasteiger partial charge in [-0.2, -0.15) is 0 Å². The summed E-state index contributed by atoms with van der Waals surface area (Å²) in [6.07, 6.45) is 7.05. The average molecular weight is 219 g/mol. The second-order valence-electron chi connectivity index (χ2n) is 4.54. The van der Waals surface area contributed by atoms with E-state index in [0.29, 0.717) is 4.45 Å². The molecule has 2 heterocycles. The topological polar surface area (TPSA) is 0 Å². The van der Waals surface area contributed by atoms with Crippen LogP contribution in [0.3, 0.4) is 0 Å². The van der Waals surface area contributed by atoms with Gasteiger partial charge in [0.25, 0.3) is 0 Å². The van der Waals surface area contributed by atoms with Crippen molar-refractivity contribution in [2.75, 3.05) is 14.1 Å². The molecule has 2 aliphatic rings. The molecule has 0 aromatic carbocycles. The minimum absolute atomic E-state index is 0.440. The maximum atomic E-state index is 3.93. The van der Waals surface area contributed by atoms with E-state index in [9.17, 15) is 0 Å². The Kier molecular flexibility index (Phi) is 1.63. The van der Waals surface area contributed by atoms with Gasteiger partial charge in [0, 0.05) is 19.3 Å². The predicted octanol–water partition coefficient (Wildman–Crippen LogP) is 2.50. The van der Waals surface area contributed by atoms with Crippen LogP contribution in [0.4, 0.5) is 0 Å². The van der Waals surface area contributed by atoms with Crippen LogP contribution in [0.1, 0.15) is 32.1 Å². The Hall–Kier alpha value is 0.440. The van der Waals surface area contributed by atoms with Gasteiger partial charge in [-0.25, -0.2) is 0 Å². The normalized spacial score (nSPS) is 47.7. The lowest BCUT2D eigenvalue weighted by atomic mass is 10.0. The van der Waals surface area contributed by atoms with E-state index in [-0.39, 0.29) is 0 Å². The Morgan fingerprint density at radius 1 is 1.27 bits per heavy atom. The van der Waals surface area contributed by atoms with Gasteiger partial charge in [-0.3, -0.25) is 0 Å². The van der Waals surface area contributed by atoms with Crippen molar-refractivity contribution < 1.29 is 4.48 Å². The van der Waals surface area contributed by atoms with E-state index in [2.05, 4.69) is 30.0 Å². The summed E-state index contributed by atoms with van der Waals surface area (Å²) < 4.78 is 1.66. The van der Waals surface area contributed by atoms with Crippen molar-refractivity contribution in [3.8, 4) is 0 Å². The molecule has 2 unspecified atom stereocenters. The second-order valence-corrected chi connectivity index (χ2v) is 6.02. The first kappa shape index (κ1) is 8.06. The van der Waals surface area contributed by atoms with Gasteiger partial charge in [0.05, 0.1) is 20.1 Å².